The van der Waals surface area contributed by atoms with Gasteiger partial charge in [-0.05, 0) is 46.6 Å². The predicted molar refractivity (Wildman–Crippen MR) is 120 cm³/mol. The predicted octanol–water partition coefficient (Wildman–Crippen LogP) is 2.40. The minimum absolute atomic E-state index is 0.276. The van der Waals surface area contributed by atoms with Crippen LogP contribution in [0.3, 0.4) is 0 Å². The number of ether oxygens (including phenoxy) is 2. The second-order valence-corrected chi connectivity index (χ2v) is 8.56. The van der Waals surface area contributed by atoms with Crippen LogP contribution < -0.4 is 10.6 Å². The molecule has 1 unspecified atom stereocenters. The molecular weight excluding hydrogens is 414 g/mol. The van der Waals surface area contributed by atoms with Crippen LogP contribution in [0.25, 0.3) is 0 Å². The van der Waals surface area contributed by atoms with E-state index in [1.807, 2.05) is 39.0 Å². The highest BCUT2D eigenvalue weighted by molar-refractivity contribution is 5.92. The quantitative estimate of drug-likeness (QED) is 0.560. The van der Waals surface area contributed by atoms with E-state index in [2.05, 4.69) is 15.4 Å². The van der Waals surface area contributed by atoms with Gasteiger partial charge in [-0.25, -0.2) is 4.79 Å². The van der Waals surface area contributed by atoms with Crippen molar-refractivity contribution in [1.82, 2.24) is 15.5 Å². The number of carbonyl (C=O) groups excluding carboxylic acids is 4. The summed E-state index contributed by atoms with van der Waals surface area (Å²) in [4.78, 5) is 51.1. The topological polar surface area (TPSA) is 114 Å². The minimum Gasteiger partial charge on any atom is -0.468 e. The van der Waals surface area contributed by atoms with Gasteiger partial charge in [0.15, 0.2) is 0 Å². The second-order valence-electron chi connectivity index (χ2n) is 8.56. The molecule has 1 atom stereocenters. The molecule has 9 nitrogen and oxygen atoms in total. The number of amides is 3. The lowest BCUT2D eigenvalue weighted by atomic mass is 9.99. The van der Waals surface area contributed by atoms with Gasteiger partial charge < -0.3 is 25.0 Å². The molecular formula is C23H35N3O6. The summed E-state index contributed by atoms with van der Waals surface area (Å²) in [6.45, 7) is 10.5. The van der Waals surface area contributed by atoms with Crippen LogP contribution in [0, 0.1) is 13.8 Å². The number of methoxy groups -OCH3 is 1. The second kappa shape index (κ2) is 12.1. The van der Waals surface area contributed by atoms with Gasteiger partial charge in [0.2, 0.25) is 11.8 Å². The summed E-state index contributed by atoms with van der Waals surface area (Å²) in [5.74, 6) is -1.56. The summed E-state index contributed by atoms with van der Waals surface area (Å²) < 4.78 is 9.77. The van der Waals surface area contributed by atoms with E-state index in [0.717, 1.165) is 11.1 Å². The lowest BCUT2D eigenvalue weighted by molar-refractivity contribution is -0.143. The molecule has 0 saturated heterocycles. The number of rotatable bonds is 9. The van der Waals surface area contributed by atoms with Crippen LogP contribution in [0.15, 0.2) is 18.2 Å². The van der Waals surface area contributed by atoms with Gasteiger partial charge in [0.25, 0.3) is 0 Å². The molecule has 1 aromatic rings. The van der Waals surface area contributed by atoms with Gasteiger partial charge in [-0.3, -0.25) is 14.4 Å². The first-order chi connectivity index (χ1) is 14.9. The number of hydrogen-bond donors (Lipinski definition) is 2. The first kappa shape index (κ1) is 26.9. The first-order valence-corrected chi connectivity index (χ1v) is 10.6. The molecule has 0 bridgehead atoms. The average Bonchev–Trinajstić information content (AvgIpc) is 2.67. The number of nitrogens with one attached hydrogen (secondary N) is 2. The van der Waals surface area contributed by atoms with E-state index in [1.165, 1.54) is 12.0 Å². The Morgan fingerprint density at radius 1 is 1.00 bits per heavy atom. The van der Waals surface area contributed by atoms with Gasteiger partial charge in [-0.2, -0.15) is 0 Å². The van der Waals surface area contributed by atoms with Crippen LogP contribution >= 0.6 is 0 Å². The Morgan fingerprint density at radius 2 is 1.59 bits per heavy atom. The number of nitrogens with zero attached hydrogens (tertiary/aromatic N) is 1. The molecule has 0 saturated carbocycles. The van der Waals surface area contributed by atoms with Crippen LogP contribution in [0.4, 0.5) is 4.79 Å². The fourth-order valence-electron chi connectivity index (χ4n) is 3.17. The van der Waals surface area contributed by atoms with Crippen molar-refractivity contribution in [2.45, 2.75) is 59.6 Å². The van der Waals surface area contributed by atoms with Crippen molar-refractivity contribution in [3.8, 4) is 0 Å². The molecule has 1 rings (SSSR count). The number of carbonyl (C=O) groups is 4. The maximum Gasteiger partial charge on any atom is 0.408 e. The Balaban J connectivity index is 3.19. The Bertz CT molecular complexity index is 811. The zero-order valence-corrected chi connectivity index (χ0v) is 20.0. The molecule has 0 fully saturated rings. The summed E-state index contributed by atoms with van der Waals surface area (Å²) >= 11 is 0. The Labute approximate surface area is 189 Å². The lowest BCUT2D eigenvalue weighted by Crippen LogP contribution is -2.48. The lowest BCUT2D eigenvalue weighted by Gasteiger charge is -2.31. The highest BCUT2D eigenvalue weighted by Crippen LogP contribution is 2.24. The summed E-state index contributed by atoms with van der Waals surface area (Å²) in [6, 6.07) is 4.63. The van der Waals surface area contributed by atoms with Crippen LogP contribution in [-0.2, 0) is 23.9 Å². The number of hydrogen-bond acceptors (Lipinski definition) is 6. The molecule has 178 valence electrons. The molecule has 0 aliphatic rings. The molecule has 0 spiro atoms. The largest absolute Gasteiger partial charge is 0.468 e. The van der Waals surface area contributed by atoms with Crippen LogP contribution in [-0.4, -0.2) is 61.1 Å². The van der Waals surface area contributed by atoms with E-state index in [9.17, 15) is 19.2 Å². The SMILES string of the molecule is CCCN(C(=O)CNC(=O)OC(C)(C)C)C(C(=O)NCC(=O)OC)c1cc(C)cc(C)c1. The van der Waals surface area contributed by atoms with Gasteiger partial charge in [-0.1, -0.05) is 36.2 Å². The third-order valence-electron chi connectivity index (χ3n) is 4.32. The zero-order chi connectivity index (χ0) is 24.5. The summed E-state index contributed by atoms with van der Waals surface area (Å²) in [7, 11) is 1.23. The van der Waals surface area contributed by atoms with Gasteiger partial charge in [0.1, 0.15) is 24.7 Å². The van der Waals surface area contributed by atoms with E-state index in [0.29, 0.717) is 12.0 Å². The van der Waals surface area contributed by atoms with Gasteiger partial charge in [-0.15, -0.1) is 0 Å². The molecule has 0 aliphatic carbocycles. The third-order valence-corrected chi connectivity index (χ3v) is 4.32. The molecule has 0 heterocycles. The molecule has 0 radical (unpaired) electrons. The molecule has 0 aliphatic heterocycles. The highest BCUT2D eigenvalue weighted by atomic mass is 16.6. The molecule has 32 heavy (non-hydrogen) atoms. The number of aryl methyl sites for hydroxylation is 2. The third kappa shape index (κ3) is 8.95. The highest BCUT2D eigenvalue weighted by Gasteiger charge is 2.32. The Kier molecular flexibility index (Phi) is 10.2. The smallest absolute Gasteiger partial charge is 0.408 e. The van der Waals surface area contributed by atoms with Crippen molar-refractivity contribution >= 4 is 23.9 Å². The summed E-state index contributed by atoms with van der Waals surface area (Å²) in [5, 5.41) is 4.99. The normalized spacial score (nSPS) is 11.8. The van der Waals surface area contributed by atoms with Crippen molar-refractivity contribution in [3.05, 3.63) is 34.9 Å². The van der Waals surface area contributed by atoms with E-state index in [-0.39, 0.29) is 19.6 Å². The van der Waals surface area contributed by atoms with Crippen molar-refractivity contribution in [1.29, 1.82) is 0 Å². The maximum absolute atomic E-state index is 13.1. The zero-order valence-electron chi connectivity index (χ0n) is 20.0. The molecule has 2 N–H and O–H groups in total. The van der Waals surface area contributed by atoms with Crippen molar-refractivity contribution in [3.63, 3.8) is 0 Å². The Hall–Kier alpha value is -3.10. The van der Waals surface area contributed by atoms with Gasteiger partial charge >= 0.3 is 12.1 Å². The fraction of sp³-hybridized carbons (Fsp3) is 0.565. The van der Waals surface area contributed by atoms with E-state index in [4.69, 9.17) is 4.74 Å². The van der Waals surface area contributed by atoms with E-state index >= 15 is 0 Å². The first-order valence-electron chi connectivity index (χ1n) is 10.6. The van der Waals surface area contributed by atoms with Crippen LogP contribution in [0.5, 0.6) is 0 Å². The summed E-state index contributed by atoms with van der Waals surface area (Å²) in [6.07, 6.45) is -0.135. The average molecular weight is 450 g/mol. The van der Waals surface area contributed by atoms with Crippen molar-refractivity contribution in [2.75, 3.05) is 26.7 Å². The Morgan fingerprint density at radius 3 is 2.09 bits per heavy atom. The van der Waals surface area contributed by atoms with Gasteiger partial charge in [0.05, 0.1) is 7.11 Å². The monoisotopic (exact) mass is 449 g/mol. The fourth-order valence-corrected chi connectivity index (χ4v) is 3.17. The number of esters is 1. The molecule has 3 amide bonds. The van der Waals surface area contributed by atoms with Crippen LogP contribution in [0.1, 0.15) is 56.8 Å². The van der Waals surface area contributed by atoms with E-state index in [1.54, 1.807) is 20.8 Å². The van der Waals surface area contributed by atoms with Crippen LogP contribution in [0.2, 0.25) is 0 Å². The summed E-state index contributed by atoms with van der Waals surface area (Å²) in [5.41, 5.74) is 1.78. The molecule has 1 aromatic carbocycles. The van der Waals surface area contributed by atoms with E-state index < -0.39 is 35.5 Å². The van der Waals surface area contributed by atoms with Crippen molar-refractivity contribution in [2.24, 2.45) is 0 Å². The van der Waals surface area contributed by atoms with Gasteiger partial charge in [0, 0.05) is 6.54 Å². The molecule has 9 heteroatoms. The maximum atomic E-state index is 13.1. The number of alkyl carbamates (subject to hydrolysis) is 1. The molecule has 0 aromatic heterocycles. The number of benzene rings is 1. The van der Waals surface area contributed by atoms with Crippen molar-refractivity contribution < 1.29 is 28.7 Å². The minimum atomic E-state index is -0.980. The standard InChI is InChI=1S/C23H35N3O6/c1-8-9-26(18(27)13-25-22(30)32-23(4,5)6)20(21(29)24-14-19(28)31-7)17-11-15(2)10-16(3)12-17/h10-12,20H,8-9,13-14H2,1-7H3,(H,24,29)(H,25,30).